The van der Waals surface area contributed by atoms with E-state index < -0.39 is 0 Å². The fourth-order valence-electron chi connectivity index (χ4n) is 5.09. The van der Waals surface area contributed by atoms with E-state index in [9.17, 15) is 4.79 Å². The van der Waals surface area contributed by atoms with Crippen LogP contribution in [0.15, 0.2) is 85.1 Å². The summed E-state index contributed by atoms with van der Waals surface area (Å²) in [5.41, 5.74) is 12.7. The van der Waals surface area contributed by atoms with Gasteiger partial charge in [-0.3, -0.25) is 4.79 Å². The van der Waals surface area contributed by atoms with E-state index in [1.807, 2.05) is 79.0 Å². The average molecular weight is 549 g/mol. The number of benzene rings is 3. The molecule has 0 unspecified atom stereocenters. The normalized spacial score (nSPS) is 11.2. The predicted molar refractivity (Wildman–Crippen MR) is 162 cm³/mol. The highest BCUT2D eigenvalue weighted by Gasteiger charge is 2.24. The number of rotatable bonds is 8. The van der Waals surface area contributed by atoms with Crippen molar-refractivity contribution in [2.24, 2.45) is 0 Å². The van der Waals surface area contributed by atoms with Gasteiger partial charge < -0.3 is 25.5 Å². The molecule has 3 heterocycles. The molecule has 4 N–H and O–H groups in total. The second-order valence-corrected chi connectivity index (χ2v) is 10.4. The molecule has 200 valence electrons. The zero-order valence-corrected chi connectivity index (χ0v) is 23.0. The summed E-state index contributed by atoms with van der Waals surface area (Å²) in [6, 6.07) is 25.8. The second kappa shape index (κ2) is 10.7. The number of nitrogens with one attached hydrogen (secondary N) is 2. The van der Waals surface area contributed by atoms with Crippen molar-refractivity contribution in [3.05, 3.63) is 95.5 Å². The topological polar surface area (TPSA) is 102 Å². The number of nitrogen functional groups attached to an aromatic ring is 1. The van der Waals surface area contributed by atoms with E-state index in [2.05, 4.69) is 16.4 Å². The summed E-state index contributed by atoms with van der Waals surface area (Å²) in [6.07, 6.45) is 2.69. The number of nitrogens with two attached hydrogens (primary N) is 1. The molecular weight excluding hydrogens is 520 g/mol. The van der Waals surface area contributed by atoms with Gasteiger partial charge in [-0.1, -0.05) is 60.7 Å². The highest BCUT2D eigenvalue weighted by molar-refractivity contribution is 7.21. The Morgan fingerprint density at radius 2 is 1.77 bits per heavy atom. The Bertz CT molecular complexity index is 1840. The molecule has 40 heavy (non-hydrogen) atoms. The molecule has 0 fully saturated rings. The highest BCUT2D eigenvalue weighted by Crippen LogP contribution is 2.46. The summed E-state index contributed by atoms with van der Waals surface area (Å²) >= 11 is 1.30. The fourth-order valence-corrected chi connectivity index (χ4v) is 6.12. The second-order valence-electron chi connectivity index (χ2n) is 9.35. The molecule has 0 bridgehead atoms. The maximum Gasteiger partial charge on any atom is 0.263 e. The van der Waals surface area contributed by atoms with E-state index in [1.165, 1.54) is 11.3 Å². The number of nitrogens with zero attached hydrogens (tertiary/aromatic N) is 1. The van der Waals surface area contributed by atoms with E-state index in [0.717, 1.165) is 44.2 Å². The minimum absolute atomic E-state index is 0.217. The predicted octanol–water partition coefficient (Wildman–Crippen LogP) is 6.68. The van der Waals surface area contributed by atoms with Crippen LogP contribution in [0.1, 0.15) is 15.2 Å². The van der Waals surface area contributed by atoms with Gasteiger partial charge in [-0.25, -0.2) is 4.98 Å². The van der Waals surface area contributed by atoms with Gasteiger partial charge in [-0.15, -0.1) is 11.3 Å². The van der Waals surface area contributed by atoms with Crippen molar-refractivity contribution in [3.63, 3.8) is 0 Å². The van der Waals surface area contributed by atoms with Crippen LogP contribution >= 0.6 is 11.3 Å². The largest absolute Gasteiger partial charge is 0.493 e. The first-order chi connectivity index (χ1) is 19.6. The molecule has 0 saturated heterocycles. The van der Waals surface area contributed by atoms with Crippen molar-refractivity contribution in [3.8, 4) is 33.9 Å². The molecule has 0 aliphatic rings. The summed E-state index contributed by atoms with van der Waals surface area (Å²) in [5, 5.41) is 4.94. The van der Waals surface area contributed by atoms with Crippen LogP contribution in [0, 0.1) is 0 Å². The van der Waals surface area contributed by atoms with Gasteiger partial charge in [0, 0.05) is 45.7 Å². The summed E-state index contributed by atoms with van der Waals surface area (Å²) in [7, 11) is 3.22. The van der Waals surface area contributed by atoms with Crippen molar-refractivity contribution in [1.29, 1.82) is 0 Å². The molecule has 0 atom stereocenters. The molecule has 7 nitrogen and oxygen atoms in total. The van der Waals surface area contributed by atoms with E-state index in [-0.39, 0.29) is 5.91 Å². The van der Waals surface area contributed by atoms with Crippen LogP contribution in [0.2, 0.25) is 0 Å². The number of aromatic amines is 1. The van der Waals surface area contributed by atoms with Crippen molar-refractivity contribution in [2.45, 2.75) is 6.42 Å². The molecule has 8 heteroatoms. The van der Waals surface area contributed by atoms with Crippen molar-refractivity contribution in [2.75, 3.05) is 26.5 Å². The molecule has 0 aliphatic carbocycles. The van der Waals surface area contributed by atoms with Crippen molar-refractivity contribution < 1.29 is 14.3 Å². The summed E-state index contributed by atoms with van der Waals surface area (Å²) in [4.78, 5) is 22.7. The van der Waals surface area contributed by atoms with Crippen LogP contribution in [-0.2, 0) is 6.42 Å². The molecule has 3 aromatic carbocycles. The van der Waals surface area contributed by atoms with Crippen LogP contribution in [-0.4, -0.2) is 36.6 Å². The number of thiophene rings is 1. The lowest BCUT2D eigenvalue weighted by Crippen LogP contribution is -2.25. The third kappa shape index (κ3) is 4.52. The van der Waals surface area contributed by atoms with E-state index >= 15 is 0 Å². The number of carbonyl (C=O) groups excluding carboxylic acids is 1. The first kappa shape index (κ1) is 25.5. The molecule has 0 spiro atoms. The molecule has 1 amide bonds. The van der Waals surface area contributed by atoms with Crippen LogP contribution in [0.4, 0.5) is 5.69 Å². The van der Waals surface area contributed by atoms with Gasteiger partial charge in [0.25, 0.3) is 5.91 Å². The summed E-state index contributed by atoms with van der Waals surface area (Å²) < 4.78 is 11.3. The number of methoxy groups -OCH3 is 2. The minimum atomic E-state index is -0.217. The third-order valence-corrected chi connectivity index (χ3v) is 8.12. The van der Waals surface area contributed by atoms with Gasteiger partial charge in [0.1, 0.15) is 9.71 Å². The number of pyridine rings is 1. The summed E-state index contributed by atoms with van der Waals surface area (Å²) in [6.45, 7) is 0.480. The quantitative estimate of drug-likeness (QED) is 0.197. The smallest absolute Gasteiger partial charge is 0.263 e. The monoisotopic (exact) mass is 548 g/mol. The van der Waals surface area contributed by atoms with Crippen LogP contribution in [0.3, 0.4) is 0 Å². The number of para-hydroxylation sites is 2. The number of hydrogen-bond acceptors (Lipinski definition) is 6. The van der Waals surface area contributed by atoms with Gasteiger partial charge in [-0.05, 0) is 30.2 Å². The van der Waals surface area contributed by atoms with Crippen molar-refractivity contribution in [1.82, 2.24) is 15.3 Å². The highest BCUT2D eigenvalue weighted by atomic mass is 32.1. The van der Waals surface area contributed by atoms with E-state index in [1.54, 1.807) is 14.2 Å². The fraction of sp³-hybridized carbons (Fsp3) is 0.125. The van der Waals surface area contributed by atoms with Gasteiger partial charge in [0.05, 0.1) is 25.6 Å². The number of H-pyrrole nitrogens is 1. The maximum atomic E-state index is 13.4. The van der Waals surface area contributed by atoms with Gasteiger partial charge in [0.15, 0.2) is 11.5 Å². The van der Waals surface area contributed by atoms with Crippen LogP contribution < -0.4 is 20.5 Å². The Morgan fingerprint density at radius 3 is 2.58 bits per heavy atom. The molecule has 0 radical (unpaired) electrons. The number of hydrogen-bond donors (Lipinski definition) is 3. The Labute approximate surface area is 235 Å². The number of anilines is 1. The first-order valence-corrected chi connectivity index (χ1v) is 13.7. The lowest BCUT2D eigenvalue weighted by molar-refractivity contribution is 0.0959. The summed E-state index contributed by atoms with van der Waals surface area (Å²) in [5.74, 6) is 0.979. The number of aromatic nitrogens is 2. The number of fused-ring (bicyclic) bond motifs is 2. The van der Waals surface area contributed by atoms with Crippen LogP contribution in [0.5, 0.6) is 11.5 Å². The molecule has 6 aromatic rings. The number of ether oxygens (including phenoxy) is 2. The lowest BCUT2D eigenvalue weighted by atomic mass is 9.98. The van der Waals surface area contributed by atoms with E-state index in [0.29, 0.717) is 39.9 Å². The van der Waals surface area contributed by atoms with E-state index in [4.69, 9.17) is 20.2 Å². The number of carbonyl (C=O) groups is 1. The standard InChI is InChI=1S/C32H28N4O3S/c1-38-26-14-8-12-22(29(26)39-2)23-17-25(19-9-4-3-5-10-19)36-32-27(23)28(33)30(40-32)31(37)34-16-15-20-18-35-24-13-7-6-11-21(20)24/h3-14,17-18,35H,15-16,33H2,1-2H3,(H,34,37). The number of amides is 1. The van der Waals surface area contributed by atoms with Crippen LogP contribution in [0.25, 0.3) is 43.5 Å². The minimum Gasteiger partial charge on any atom is -0.493 e. The Hall–Kier alpha value is -4.82. The van der Waals surface area contributed by atoms with Gasteiger partial charge in [0.2, 0.25) is 0 Å². The lowest BCUT2D eigenvalue weighted by Gasteiger charge is -2.15. The van der Waals surface area contributed by atoms with Gasteiger partial charge in [-0.2, -0.15) is 0 Å². The average Bonchev–Trinajstić information content (AvgIpc) is 3.57. The maximum absolute atomic E-state index is 13.4. The molecule has 0 aliphatic heterocycles. The molecule has 6 rings (SSSR count). The Kier molecular flexibility index (Phi) is 6.84. The first-order valence-electron chi connectivity index (χ1n) is 12.9. The Morgan fingerprint density at radius 1 is 0.975 bits per heavy atom. The van der Waals surface area contributed by atoms with Crippen molar-refractivity contribution >= 4 is 44.1 Å². The molecule has 0 saturated carbocycles. The SMILES string of the molecule is COc1cccc(-c2cc(-c3ccccc3)nc3sc(C(=O)NCCc4c[nH]c5ccccc45)c(N)c23)c1OC. The Balaban J connectivity index is 1.40. The molecular formula is C32H28N4O3S. The third-order valence-electron chi connectivity index (χ3n) is 7.02. The van der Waals surface area contributed by atoms with Gasteiger partial charge >= 0.3 is 0 Å². The molecule has 3 aromatic heterocycles. The zero-order valence-electron chi connectivity index (χ0n) is 22.2. The zero-order chi connectivity index (χ0) is 27.6.